The SMILES string of the molecule is Cc1nc(C(=O)N2[C@H]3CCCCC(=O)N[C@@]3(C)C[C@H]2c2cccc(C(F)(F)F)c2)co1. The molecular formula is C22H24F3N3O3. The fourth-order valence-electron chi connectivity index (χ4n) is 4.83. The zero-order chi connectivity index (χ0) is 22.4. The number of amides is 2. The van der Waals surface area contributed by atoms with Crippen molar-refractivity contribution >= 4 is 11.8 Å². The Morgan fingerprint density at radius 1 is 1.32 bits per heavy atom. The lowest BCUT2D eigenvalue weighted by Crippen LogP contribution is -2.56. The van der Waals surface area contributed by atoms with Crippen LogP contribution in [-0.2, 0) is 11.0 Å². The van der Waals surface area contributed by atoms with Crippen LogP contribution in [0.5, 0.6) is 0 Å². The van der Waals surface area contributed by atoms with E-state index >= 15 is 0 Å². The fraction of sp³-hybridized carbons (Fsp3) is 0.500. The van der Waals surface area contributed by atoms with Crippen molar-refractivity contribution in [3.8, 4) is 0 Å². The van der Waals surface area contributed by atoms with E-state index in [2.05, 4.69) is 10.3 Å². The van der Waals surface area contributed by atoms with Crippen LogP contribution in [0.3, 0.4) is 0 Å². The number of halogens is 3. The van der Waals surface area contributed by atoms with Gasteiger partial charge in [-0.3, -0.25) is 9.59 Å². The van der Waals surface area contributed by atoms with E-state index in [1.54, 1.807) is 17.9 Å². The Hall–Kier alpha value is -2.84. The lowest BCUT2D eigenvalue weighted by Gasteiger charge is -2.38. The fourth-order valence-corrected chi connectivity index (χ4v) is 4.83. The maximum absolute atomic E-state index is 13.5. The number of aromatic nitrogens is 1. The van der Waals surface area contributed by atoms with E-state index in [0.717, 1.165) is 18.6 Å². The minimum absolute atomic E-state index is 0.104. The van der Waals surface area contributed by atoms with Gasteiger partial charge in [-0.1, -0.05) is 18.6 Å². The summed E-state index contributed by atoms with van der Waals surface area (Å²) in [6.07, 6.45) is -0.456. The summed E-state index contributed by atoms with van der Waals surface area (Å²) in [6, 6.07) is 4.03. The van der Waals surface area contributed by atoms with E-state index in [0.29, 0.717) is 37.1 Å². The molecule has 0 unspecified atom stereocenters. The number of hydrogen-bond acceptors (Lipinski definition) is 4. The third-order valence-corrected chi connectivity index (χ3v) is 6.25. The highest BCUT2D eigenvalue weighted by Crippen LogP contribution is 2.46. The number of benzene rings is 1. The van der Waals surface area contributed by atoms with Crippen molar-refractivity contribution in [2.75, 3.05) is 0 Å². The van der Waals surface area contributed by atoms with Crippen LogP contribution in [-0.4, -0.2) is 33.3 Å². The van der Waals surface area contributed by atoms with E-state index in [4.69, 9.17) is 4.42 Å². The lowest BCUT2D eigenvalue weighted by atomic mass is 9.85. The molecule has 2 aliphatic rings. The van der Waals surface area contributed by atoms with Crippen molar-refractivity contribution in [1.29, 1.82) is 0 Å². The molecule has 2 aromatic rings. The molecule has 6 nitrogen and oxygen atoms in total. The number of alkyl halides is 3. The van der Waals surface area contributed by atoms with Gasteiger partial charge >= 0.3 is 6.18 Å². The van der Waals surface area contributed by atoms with Crippen LogP contribution in [0.4, 0.5) is 13.2 Å². The number of aryl methyl sites for hydroxylation is 1. The Morgan fingerprint density at radius 3 is 2.77 bits per heavy atom. The van der Waals surface area contributed by atoms with Crippen LogP contribution >= 0.6 is 0 Å². The van der Waals surface area contributed by atoms with Crippen molar-refractivity contribution in [2.24, 2.45) is 0 Å². The molecule has 0 bridgehead atoms. The standard InChI is InChI=1S/C22H24F3N3O3/c1-13-26-16(12-31-13)20(30)28-17(14-6-5-7-15(10-14)22(23,24)25)11-21(2)18(28)8-3-4-9-19(29)27-21/h5-7,10,12,17-18H,3-4,8-9,11H2,1-2H3,(H,27,29)/t17-,18-,21-/m0/s1. The van der Waals surface area contributed by atoms with Gasteiger partial charge in [-0.2, -0.15) is 13.2 Å². The number of hydrogen-bond donors (Lipinski definition) is 1. The largest absolute Gasteiger partial charge is 0.448 e. The minimum Gasteiger partial charge on any atom is -0.448 e. The van der Waals surface area contributed by atoms with E-state index in [1.807, 2.05) is 6.92 Å². The monoisotopic (exact) mass is 435 g/mol. The molecule has 2 aliphatic heterocycles. The Kier molecular flexibility index (Phi) is 5.31. The summed E-state index contributed by atoms with van der Waals surface area (Å²) in [5.41, 5.74) is -1.05. The van der Waals surface area contributed by atoms with Gasteiger partial charge in [0.15, 0.2) is 11.6 Å². The predicted molar refractivity (Wildman–Crippen MR) is 105 cm³/mol. The molecule has 1 N–H and O–H groups in total. The van der Waals surface area contributed by atoms with Gasteiger partial charge in [0.2, 0.25) is 5.91 Å². The molecule has 0 saturated carbocycles. The summed E-state index contributed by atoms with van der Waals surface area (Å²) in [6.45, 7) is 3.48. The average molecular weight is 435 g/mol. The summed E-state index contributed by atoms with van der Waals surface area (Å²) in [7, 11) is 0. The molecule has 31 heavy (non-hydrogen) atoms. The third kappa shape index (κ3) is 4.05. The zero-order valence-electron chi connectivity index (χ0n) is 17.3. The predicted octanol–water partition coefficient (Wildman–Crippen LogP) is 4.41. The molecule has 2 amide bonds. The van der Waals surface area contributed by atoms with E-state index < -0.39 is 29.2 Å². The number of nitrogens with one attached hydrogen (secondary N) is 1. The molecule has 166 valence electrons. The third-order valence-electron chi connectivity index (χ3n) is 6.25. The highest BCUT2D eigenvalue weighted by Gasteiger charge is 2.53. The first-order chi connectivity index (χ1) is 14.6. The molecule has 0 aliphatic carbocycles. The molecule has 1 aromatic heterocycles. The first-order valence-electron chi connectivity index (χ1n) is 10.3. The van der Waals surface area contributed by atoms with E-state index in [1.165, 1.54) is 12.3 Å². The summed E-state index contributed by atoms with van der Waals surface area (Å²) >= 11 is 0. The van der Waals surface area contributed by atoms with Crippen LogP contribution in [0.1, 0.15) is 72.6 Å². The normalized spacial score (nSPS) is 26.7. The molecule has 3 atom stereocenters. The van der Waals surface area contributed by atoms with Gasteiger partial charge < -0.3 is 14.6 Å². The van der Waals surface area contributed by atoms with Crippen LogP contribution < -0.4 is 5.32 Å². The molecule has 2 saturated heterocycles. The molecule has 9 heteroatoms. The summed E-state index contributed by atoms with van der Waals surface area (Å²) in [5.74, 6) is -0.198. The number of oxazole rings is 1. The molecular weight excluding hydrogens is 411 g/mol. The topological polar surface area (TPSA) is 75.4 Å². The summed E-state index contributed by atoms with van der Waals surface area (Å²) < 4.78 is 45.2. The van der Waals surface area contributed by atoms with Gasteiger partial charge in [-0.25, -0.2) is 4.98 Å². The molecule has 3 heterocycles. The van der Waals surface area contributed by atoms with Crippen molar-refractivity contribution in [1.82, 2.24) is 15.2 Å². The maximum atomic E-state index is 13.5. The Bertz CT molecular complexity index is 1000. The number of carbonyl (C=O) groups is 2. The lowest BCUT2D eigenvalue weighted by molar-refractivity contribution is -0.137. The van der Waals surface area contributed by atoms with Crippen LogP contribution in [0.15, 0.2) is 34.9 Å². The second-order valence-corrected chi connectivity index (χ2v) is 8.53. The number of carbonyl (C=O) groups excluding carboxylic acids is 2. The molecule has 0 radical (unpaired) electrons. The Labute approximate surface area is 177 Å². The minimum atomic E-state index is -4.49. The van der Waals surface area contributed by atoms with Crippen LogP contribution in [0.25, 0.3) is 0 Å². The maximum Gasteiger partial charge on any atom is 0.416 e. The quantitative estimate of drug-likeness (QED) is 0.759. The van der Waals surface area contributed by atoms with E-state index in [9.17, 15) is 22.8 Å². The van der Waals surface area contributed by atoms with Crippen molar-refractivity contribution < 1.29 is 27.2 Å². The highest BCUT2D eigenvalue weighted by molar-refractivity contribution is 5.93. The molecule has 4 rings (SSSR count). The summed E-state index contributed by atoms with van der Waals surface area (Å²) in [4.78, 5) is 31.6. The highest BCUT2D eigenvalue weighted by atomic mass is 19.4. The van der Waals surface area contributed by atoms with Gasteiger partial charge in [0.05, 0.1) is 23.2 Å². The van der Waals surface area contributed by atoms with Gasteiger partial charge in [0, 0.05) is 13.3 Å². The van der Waals surface area contributed by atoms with Gasteiger partial charge in [0.1, 0.15) is 6.26 Å². The average Bonchev–Trinajstić information content (AvgIpc) is 3.24. The first kappa shape index (κ1) is 21.4. The van der Waals surface area contributed by atoms with Crippen molar-refractivity contribution in [2.45, 2.75) is 69.8 Å². The molecule has 2 fully saturated rings. The smallest absolute Gasteiger partial charge is 0.416 e. The van der Waals surface area contributed by atoms with Gasteiger partial charge in [-0.15, -0.1) is 0 Å². The molecule has 1 aromatic carbocycles. The van der Waals surface area contributed by atoms with Gasteiger partial charge in [0.25, 0.3) is 5.91 Å². The number of fused-ring (bicyclic) bond motifs is 1. The number of nitrogens with zero attached hydrogens (tertiary/aromatic N) is 2. The second kappa shape index (κ2) is 7.69. The Balaban J connectivity index is 1.80. The van der Waals surface area contributed by atoms with Crippen LogP contribution in [0.2, 0.25) is 0 Å². The van der Waals surface area contributed by atoms with Crippen LogP contribution in [0, 0.1) is 6.92 Å². The number of likely N-dealkylation sites (tertiary alicyclic amines) is 1. The van der Waals surface area contributed by atoms with E-state index in [-0.39, 0.29) is 17.6 Å². The van der Waals surface area contributed by atoms with Gasteiger partial charge in [-0.05, 0) is 43.9 Å². The molecule has 0 spiro atoms. The summed E-state index contributed by atoms with van der Waals surface area (Å²) in [5, 5.41) is 3.04. The zero-order valence-corrected chi connectivity index (χ0v) is 17.3. The first-order valence-corrected chi connectivity index (χ1v) is 10.3. The van der Waals surface area contributed by atoms with Crippen molar-refractivity contribution in [3.05, 3.63) is 53.2 Å². The van der Waals surface area contributed by atoms with Crippen molar-refractivity contribution in [3.63, 3.8) is 0 Å². The Morgan fingerprint density at radius 2 is 2.10 bits per heavy atom. The second-order valence-electron chi connectivity index (χ2n) is 8.53. The number of rotatable bonds is 2.